The molecule has 2 saturated heterocycles. The fourth-order valence-electron chi connectivity index (χ4n) is 13.2. The van der Waals surface area contributed by atoms with Crippen molar-refractivity contribution in [1.29, 1.82) is 0 Å². The number of halogens is 10. The molecule has 9 rings (SSSR count). The molecule has 2 nitrogen and oxygen atoms in total. The van der Waals surface area contributed by atoms with Crippen molar-refractivity contribution in [1.82, 2.24) is 0 Å². The van der Waals surface area contributed by atoms with Crippen molar-refractivity contribution < 1.29 is 53.3 Å². The van der Waals surface area contributed by atoms with Gasteiger partial charge in [0.15, 0.2) is 47.0 Å². The molecule has 6 aromatic carbocycles. The molecule has 2 fully saturated rings. The zero-order valence-electron chi connectivity index (χ0n) is 45.7. The lowest BCUT2D eigenvalue weighted by Gasteiger charge is -2.47. The maximum atomic E-state index is 17.5. The summed E-state index contributed by atoms with van der Waals surface area (Å²) < 4.78 is 181. The highest BCUT2D eigenvalue weighted by molar-refractivity contribution is 7.93. The Labute approximate surface area is 447 Å². The van der Waals surface area contributed by atoms with Crippen LogP contribution in [0, 0.1) is 64.1 Å². The highest BCUT2D eigenvalue weighted by atomic mass is 31.2. The fraction of sp³-hybridized carbons (Fsp3) is 0.397. The molecule has 0 unspecified atom stereocenters. The summed E-state index contributed by atoms with van der Waals surface area (Å²) in [5.74, 6) is -31.2. The van der Waals surface area contributed by atoms with Crippen LogP contribution in [-0.2, 0) is 15.2 Å². The first kappa shape index (κ1) is 56.3. The van der Waals surface area contributed by atoms with E-state index in [1.165, 1.54) is 0 Å². The minimum Gasteiger partial charge on any atom is -0.544 e. The molecule has 0 radical (unpaired) electrons. The molecule has 0 N–H and O–H groups in total. The number of rotatable bonds is 12. The molecule has 0 spiro atoms. The summed E-state index contributed by atoms with van der Waals surface area (Å²) in [6, 6.07) is 26.1. The SMILES string of the molecule is CC(C)c1cc(C(C)C)c([P+]2(c3c(C(C)C)cc(C(C)C)cc3C(C)C)CCCC[C@@H]3[C@H]4C2=C(c2ccccc2)O[C@@]4(c2ccccc2)O[B-]3(c2c(F)c(F)c(F)c(F)c2F)c2c(F)c(F)c(F)c(F)c2F)c(C(C)C)c1. The van der Waals surface area contributed by atoms with Gasteiger partial charge in [0.05, 0.1) is 12.1 Å². The second-order valence-electron chi connectivity index (χ2n) is 23.3. The summed E-state index contributed by atoms with van der Waals surface area (Å²) in [7, 11) is -3.60. The van der Waals surface area contributed by atoms with E-state index in [1.54, 1.807) is 30.3 Å². The van der Waals surface area contributed by atoms with Crippen LogP contribution in [0.4, 0.5) is 43.9 Å². The van der Waals surface area contributed by atoms with Crippen molar-refractivity contribution in [2.75, 3.05) is 6.16 Å². The van der Waals surface area contributed by atoms with E-state index in [0.29, 0.717) is 23.5 Å². The van der Waals surface area contributed by atoms with Gasteiger partial charge in [-0.1, -0.05) is 192 Å². The minimum absolute atomic E-state index is 0.0756. The number of benzene rings is 6. The van der Waals surface area contributed by atoms with Gasteiger partial charge in [0.2, 0.25) is 5.79 Å². The highest BCUT2D eigenvalue weighted by Gasteiger charge is 2.74. The zero-order chi connectivity index (χ0) is 56.1. The van der Waals surface area contributed by atoms with Gasteiger partial charge in [0, 0.05) is 11.1 Å². The monoisotopic (exact) mass is 1090 g/mol. The first-order chi connectivity index (χ1) is 36.3. The second kappa shape index (κ2) is 20.7. The Morgan fingerprint density at radius 3 is 1.19 bits per heavy atom. The smallest absolute Gasteiger partial charge is 0.206 e. The van der Waals surface area contributed by atoms with Crippen LogP contribution in [0.15, 0.2) is 90.2 Å². The van der Waals surface area contributed by atoms with Crippen LogP contribution in [0.3, 0.4) is 0 Å². The number of hydrogen-bond acceptors (Lipinski definition) is 2. The molecule has 0 aliphatic carbocycles. The second-order valence-corrected chi connectivity index (χ2v) is 26.8. The lowest BCUT2D eigenvalue weighted by Crippen LogP contribution is -2.67. The molecule has 0 aromatic heterocycles. The molecule has 3 aliphatic rings. The summed E-state index contributed by atoms with van der Waals surface area (Å²) in [6.45, 7) is 25.5. The molecular weight excluding hydrogens is 1020 g/mol. The Hall–Kier alpha value is -5.39. The van der Waals surface area contributed by atoms with Crippen molar-refractivity contribution in [3.63, 3.8) is 0 Å². The number of hydrogen-bond donors (Lipinski definition) is 0. The van der Waals surface area contributed by atoms with Crippen LogP contribution < -0.4 is 21.5 Å². The third kappa shape index (κ3) is 8.51. The van der Waals surface area contributed by atoms with Crippen LogP contribution in [0.5, 0.6) is 0 Å². The molecule has 0 amide bonds. The summed E-state index contributed by atoms with van der Waals surface area (Å²) in [4.78, 5) is 0. The maximum absolute atomic E-state index is 17.5. The third-order valence-corrected chi connectivity index (χ3v) is 21.6. The summed E-state index contributed by atoms with van der Waals surface area (Å²) in [6.07, 6.45) is -4.30. The Bertz CT molecular complexity index is 3060. The Morgan fingerprint density at radius 1 is 0.468 bits per heavy atom. The van der Waals surface area contributed by atoms with Crippen molar-refractivity contribution in [3.05, 3.63) is 193 Å². The van der Waals surface area contributed by atoms with E-state index in [-0.39, 0.29) is 59.7 Å². The van der Waals surface area contributed by atoms with E-state index in [0.717, 1.165) is 44.0 Å². The van der Waals surface area contributed by atoms with Crippen molar-refractivity contribution in [2.24, 2.45) is 5.92 Å². The fourth-order valence-corrected chi connectivity index (χ4v) is 19.7. The average molecular weight is 1090 g/mol. The van der Waals surface area contributed by atoms with E-state index in [1.807, 2.05) is 30.3 Å². The molecule has 408 valence electrons. The van der Waals surface area contributed by atoms with Gasteiger partial charge in [0.1, 0.15) is 46.5 Å². The van der Waals surface area contributed by atoms with Gasteiger partial charge in [-0.15, -0.1) is 5.82 Å². The van der Waals surface area contributed by atoms with Crippen LogP contribution in [0.2, 0.25) is 5.82 Å². The Morgan fingerprint density at radius 2 is 0.831 bits per heavy atom. The standard InChI is InChI=1S/C63H66BF10O2P/c1-31(2)38-27-41(33(5)6)60(42(28-38)34(7)8)77(61-43(35(9)10)29-39(32(3)4)30-44(61)36(11)12)26-20-19-25-45-46-62(77)59(37-21-15-13-16-22-37)75-63(46,40-23-17-14-18-24-40)76-64(45,47-49(65)53(69)57(73)54(70)50(47)66)48-51(67)55(71)58(74)56(72)52(48)68/h13-18,21-24,27-36,45-46H,19-20,25-26H2,1-12H3/t45-,46+,63+/m1/s1. The topological polar surface area (TPSA) is 18.5 Å². The van der Waals surface area contributed by atoms with Crippen molar-refractivity contribution >= 4 is 40.9 Å². The predicted molar refractivity (Wildman–Crippen MR) is 291 cm³/mol. The molecular formula is C63H66BF10O2P. The quantitative estimate of drug-likeness (QED) is 0.0400. The average Bonchev–Trinajstić information content (AvgIpc) is 3.88. The third-order valence-electron chi connectivity index (χ3n) is 16.8. The normalized spacial score (nSPS) is 20.1. The Balaban J connectivity index is 1.63. The lowest BCUT2D eigenvalue weighted by molar-refractivity contribution is -0.142. The van der Waals surface area contributed by atoms with Gasteiger partial charge in [-0.2, -0.15) is 0 Å². The lowest BCUT2D eigenvalue weighted by atomic mass is 9.24. The van der Waals surface area contributed by atoms with Gasteiger partial charge < -0.3 is 9.39 Å². The number of ether oxygens (including phenoxy) is 1. The van der Waals surface area contributed by atoms with Crippen molar-refractivity contribution in [3.8, 4) is 0 Å². The van der Waals surface area contributed by atoms with Gasteiger partial charge in [-0.3, -0.25) is 0 Å². The molecule has 6 aromatic rings. The summed E-state index contributed by atoms with van der Waals surface area (Å²) >= 11 is 0. The molecule has 3 aliphatic heterocycles. The van der Waals surface area contributed by atoms with Crippen LogP contribution >= 0.6 is 7.26 Å². The first-order valence-electron chi connectivity index (χ1n) is 27.0. The van der Waals surface area contributed by atoms with Crippen LogP contribution in [-0.4, -0.2) is 12.5 Å². The molecule has 3 atom stereocenters. The van der Waals surface area contributed by atoms with Gasteiger partial charge in [-0.05, 0) is 75.3 Å². The summed E-state index contributed by atoms with van der Waals surface area (Å²) in [5.41, 5.74) is 3.15. The molecule has 3 heterocycles. The predicted octanol–water partition coefficient (Wildman–Crippen LogP) is 17.0. The van der Waals surface area contributed by atoms with Crippen molar-refractivity contribution in [2.45, 2.75) is 149 Å². The van der Waals surface area contributed by atoms with E-state index >= 15 is 43.9 Å². The van der Waals surface area contributed by atoms with E-state index in [2.05, 4.69) is 107 Å². The maximum Gasteiger partial charge on any atom is 0.206 e. The highest BCUT2D eigenvalue weighted by Crippen LogP contribution is 2.80. The molecule has 0 saturated carbocycles. The zero-order valence-corrected chi connectivity index (χ0v) is 46.5. The van der Waals surface area contributed by atoms with Gasteiger partial charge >= 0.3 is 0 Å². The first-order valence-corrected chi connectivity index (χ1v) is 29.0. The molecule has 0 bridgehead atoms. The summed E-state index contributed by atoms with van der Waals surface area (Å²) in [5, 5.41) is 2.54. The molecule has 14 heteroatoms. The van der Waals surface area contributed by atoms with E-state index < -0.39 is 100 Å². The van der Waals surface area contributed by atoms with E-state index in [4.69, 9.17) is 9.39 Å². The Kier molecular flexibility index (Phi) is 15.1. The van der Waals surface area contributed by atoms with Crippen LogP contribution in [0.1, 0.15) is 182 Å². The minimum atomic E-state index is -4.85. The van der Waals surface area contributed by atoms with E-state index in [9.17, 15) is 0 Å². The van der Waals surface area contributed by atoms with Crippen LogP contribution in [0.25, 0.3) is 5.76 Å². The largest absolute Gasteiger partial charge is 0.544 e. The van der Waals surface area contributed by atoms with Gasteiger partial charge in [0.25, 0.3) is 0 Å². The molecule has 77 heavy (non-hydrogen) atoms. The van der Waals surface area contributed by atoms with Gasteiger partial charge in [-0.25, -0.2) is 43.9 Å².